The molecule has 9 aromatic carbocycles. The number of hydrogen-bond acceptors (Lipinski definition) is 5. The lowest BCUT2D eigenvalue weighted by atomic mass is 9.92. The molecule has 0 aliphatic carbocycles. The predicted octanol–water partition coefficient (Wildman–Crippen LogP) is 15.0. The summed E-state index contributed by atoms with van der Waals surface area (Å²) in [6, 6.07) is 76.9. The minimum absolute atomic E-state index is 0.642. The van der Waals surface area contributed by atoms with E-state index in [1.54, 1.807) is 0 Å². The quantitative estimate of drug-likeness (QED) is 0.153. The van der Waals surface area contributed by atoms with Crippen molar-refractivity contribution in [3.63, 3.8) is 0 Å². The Morgan fingerprint density at radius 3 is 1.53 bits per heavy atom. The van der Waals surface area contributed by atoms with Gasteiger partial charge < -0.3 is 4.90 Å². The number of aromatic nitrogens is 3. The maximum Gasteiger partial charge on any atom is 0.164 e. The molecule has 0 saturated heterocycles. The standard InChI is InChI=1S/C55H36N4S/c1-5-16-37(17-6-1)40-20-13-21-41(36-40)54-56-53(39-18-7-2-8-19-39)57-55(58-54)49-34-35-50-51-46(27-15-28-47(49)51)48-29-14-26-45(52(48)60-50)38-30-32-44(33-31-38)59(42-22-9-3-10-23-42)43-24-11-4-12-25-43/h1-36H. The molecule has 0 spiro atoms. The SMILES string of the molecule is c1ccc(-c2cccc(-c3nc(-c4ccccc4)nc(-c4ccc5c6c(cccc46)-c4cccc(-c6ccc(N(c7ccccc7)c7ccccc7)cc6)c4S5)n3)c2)cc1. The van der Waals surface area contributed by atoms with Gasteiger partial charge in [0.15, 0.2) is 17.5 Å². The lowest BCUT2D eigenvalue weighted by Gasteiger charge is -2.26. The van der Waals surface area contributed by atoms with Gasteiger partial charge in [-0.3, -0.25) is 0 Å². The first-order valence-corrected chi connectivity index (χ1v) is 20.9. The molecule has 0 radical (unpaired) electrons. The van der Waals surface area contributed by atoms with Crippen LogP contribution < -0.4 is 4.90 Å². The van der Waals surface area contributed by atoms with Gasteiger partial charge in [0.05, 0.1) is 0 Å². The lowest BCUT2D eigenvalue weighted by molar-refractivity contribution is 1.08. The van der Waals surface area contributed by atoms with E-state index in [0.717, 1.165) is 50.3 Å². The third-order valence-corrected chi connectivity index (χ3v) is 12.3. The van der Waals surface area contributed by atoms with Crippen LogP contribution in [0.2, 0.25) is 0 Å². The van der Waals surface area contributed by atoms with Crippen molar-refractivity contribution in [2.75, 3.05) is 4.90 Å². The molecule has 0 amide bonds. The Bertz CT molecular complexity index is 3110. The Morgan fingerprint density at radius 1 is 0.317 bits per heavy atom. The molecule has 10 aromatic rings. The van der Waals surface area contributed by atoms with Crippen molar-refractivity contribution in [1.82, 2.24) is 15.0 Å². The molecular formula is C55H36N4S. The van der Waals surface area contributed by atoms with Crippen LogP contribution in [0.3, 0.4) is 0 Å². The fourth-order valence-electron chi connectivity index (χ4n) is 8.28. The van der Waals surface area contributed by atoms with Crippen molar-refractivity contribution >= 4 is 39.6 Å². The van der Waals surface area contributed by atoms with Crippen molar-refractivity contribution in [1.29, 1.82) is 0 Å². The molecule has 2 heterocycles. The number of benzene rings is 9. The third-order valence-electron chi connectivity index (χ3n) is 11.1. The second-order valence-corrected chi connectivity index (χ2v) is 15.8. The van der Waals surface area contributed by atoms with Crippen LogP contribution in [0, 0.1) is 0 Å². The summed E-state index contributed by atoms with van der Waals surface area (Å²) >= 11 is 1.84. The highest BCUT2D eigenvalue weighted by atomic mass is 32.2. The first-order chi connectivity index (χ1) is 29.7. The second-order valence-electron chi connectivity index (χ2n) is 14.8. The van der Waals surface area contributed by atoms with Crippen LogP contribution in [0.1, 0.15) is 0 Å². The normalized spacial score (nSPS) is 11.6. The van der Waals surface area contributed by atoms with Crippen LogP contribution in [0.15, 0.2) is 228 Å². The zero-order chi connectivity index (χ0) is 39.8. The van der Waals surface area contributed by atoms with Crippen molar-refractivity contribution < 1.29 is 0 Å². The van der Waals surface area contributed by atoms with Crippen LogP contribution >= 0.6 is 11.8 Å². The lowest BCUT2D eigenvalue weighted by Crippen LogP contribution is -2.09. The largest absolute Gasteiger partial charge is 0.311 e. The molecule has 0 fully saturated rings. The highest BCUT2D eigenvalue weighted by Crippen LogP contribution is 2.52. The van der Waals surface area contributed by atoms with Crippen molar-refractivity contribution in [2.45, 2.75) is 9.79 Å². The van der Waals surface area contributed by atoms with Crippen LogP contribution in [-0.2, 0) is 0 Å². The molecule has 1 aliphatic heterocycles. The summed E-state index contributed by atoms with van der Waals surface area (Å²) in [6.07, 6.45) is 0. The fourth-order valence-corrected chi connectivity index (χ4v) is 9.54. The van der Waals surface area contributed by atoms with Crippen molar-refractivity contribution in [2.24, 2.45) is 0 Å². The molecule has 0 bridgehead atoms. The van der Waals surface area contributed by atoms with E-state index in [4.69, 9.17) is 15.0 Å². The number of rotatable bonds is 8. The third kappa shape index (κ3) is 6.51. The maximum atomic E-state index is 5.21. The Labute approximate surface area is 353 Å². The Morgan fingerprint density at radius 2 is 0.833 bits per heavy atom. The van der Waals surface area contributed by atoms with Gasteiger partial charge in [0.2, 0.25) is 0 Å². The number of anilines is 3. The first-order valence-electron chi connectivity index (χ1n) is 20.1. The van der Waals surface area contributed by atoms with Crippen LogP contribution in [0.5, 0.6) is 0 Å². The van der Waals surface area contributed by atoms with Crippen LogP contribution in [0.4, 0.5) is 17.1 Å². The summed E-state index contributed by atoms with van der Waals surface area (Å²) in [5.41, 5.74) is 13.3. The number of fused-ring (bicyclic) bond motifs is 2. The molecule has 11 rings (SSSR count). The summed E-state index contributed by atoms with van der Waals surface area (Å²) in [4.78, 5) is 20.2. The van der Waals surface area contributed by atoms with Gasteiger partial charge in [-0.1, -0.05) is 176 Å². The second kappa shape index (κ2) is 15.3. The number of hydrogen-bond donors (Lipinski definition) is 0. The summed E-state index contributed by atoms with van der Waals surface area (Å²) in [6.45, 7) is 0. The number of nitrogens with zero attached hydrogens (tertiary/aromatic N) is 4. The summed E-state index contributed by atoms with van der Waals surface area (Å²) < 4.78 is 0. The van der Waals surface area contributed by atoms with E-state index in [-0.39, 0.29) is 0 Å². The van der Waals surface area contributed by atoms with Gasteiger partial charge in [0, 0.05) is 48.9 Å². The van der Waals surface area contributed by atoms with E-state index in [0.29, 0.717) is 17.5 Å². The monoisotopic (exact) mass is 784 g/mol. The van der Waals surface area contributed by atoms with E-state index in [2.05, 4.69) is 199 Å². The zero-order valence-corrected chi connectivity index (χ0v) is 33.3. The highest BCUT2D eigenvalue weighted by molar-refractivity contribution is 8.00. The number of para-hydroxylation sites is 2. The predicted molar refractivity (Wildman–Crippen MR) is 249 cm³/mol. The molecule has 0 saturated carbocycles. The van der Waals surface area contributed by atoms with E-state index >= 15 is 0 Å². The van der Waals surface area contributed by atoms with Gasteiger partial charge in [-0.25, -0.2) is 15.0 Å². The zero-order valence-electron chi connectivity index (χ0n) is 32.5. The summed E-state index contributed by atoms with van der Waals surface area (Å²) in [5.74, 6) is 1.94. The molecule has 60 heavy (non-hydrogen) atoms. The molecule has 0 N–H and O–H groups in total. The Kier molecular flexibility index (Phi) is 9.06. The van der Waals surface area contributed by atoms with Crippen LogP contribution in [-0.4, -0.2) is 15.0 Å². The van der Waals surface area contributed by atoms with Crippen LogP contribution in [0.25, 0.3) is 78.3 Å². The van der Waals surface area contributed by atoms with Crippen molar-refractivity contribution in [3.05, 3.63) is 218 Å². The molecular weight excluding hydrogens is 749 g/mol. The van der Waals surface area contributed by atoms with Gasteiger partial charge in [-0.15, -0.1) is 0 Å². The first kappa shape index (κ1) is 35.6. The fraction of sp³-hybridized carbons (Fsp3) is 0. The topological polar surface area (TPSA) is 41.9 Å². The van der Waals surface area contributed by atoms with Gasteiger partial charge >= 0.3 is 0 Å². The summed E-state index contributed by atoms with van der Waals surface area (Å²) in [7, 11) is 0. The molecule has 282 valence electrons. The van der Waals surface area contributed by atoms with E-state index in [1.165, 1.54) is 37.4 Å². The smallest absolute Gasteiger partial charge is 0.164 e. The molecule has 4 nitrogen and oxygen atoms in total. The Balaban J connectivity index is 1.00. The highest BCUT2D eigenvalue weighted by Gasteiger charge is 2.25. The molecule has 5 heteroatoms. The van der Waals surface area contributed by atoms with Crippen molar-refractivity contribution in [3.8, 4) is 67.5 Å². The molecule has 1 aromatic heterocycles. The average Bonchev–Trinajstić information content (AvgIpc) is 3.33. The van der Waals surface area contributed by atoms with E-state index < -0.39 is 0 Å². The molecule has 0 unspecified atom stereocenters. The van der Waals surface area contributed by atoms with Gasteiger partial charge in [-0.05, 0) is 93.4 Å². The van der Waals surface area contributed by atoms with E-state index in [1.807, 2.05) is 36.0 Å². The van der Waals surface area contributed by atoms with E-state index in [9.17, 15) is 0 Å². The van der Waals surface area contributed by atoms with Gasteiger partial charge in [0.1, 0.15) is 0 Å². The summed E-state index contributed by atoms with van der Waals surface area (Å²) in [5, 5.41) is 2.34. The van der Waals surface area contributed by atoms with Gasteiger partial charge in [0.25, 0.3) is 0 Å². The molecule has 0 atom stereocenters. The maximum absolute atomic E-state index is 5.21. The minimum Gasteiger partial charge on any atom is -0.311 e. The van der Waals surface area contributed by atoms with Gasteiger partial charge in [-0.2, -0.15) is 0 Å². The average molecular weight is 785 g/mol. The minimum atomic E-state index is 0.642. The Hall–Kier alpha value is -7.60. The molecule has 1 aliphatic rings.